The Hall–Kier alpha value is -0.586. The predicted molar refractivity (Wildman–Crippen MR) is 144 cm³/mol. The zero-order valence-corrected chi connectivity index (χ0v) is 23.7. The van der Waals surface area contributed by atoms with Crippen molar-refractivity contribution in [3.63, 3.8) is 0 Å². The normalized spacial score (nSPS) is 19.6. The molecule has 1 nitrogen and oxygen atoms in total. The molecule has 2 rings (SSSR count). The number of halogens is 2. The van der Waals surface area contributed by atoms with E-state index in [-0.39, 0.29) is 9.72 Å². The predicted octanol–water partition coefficient (Wildman–Crippen LogP) is 7.42. The van der Waals surface area contributed by atoms with Gasteiger partial charge in [0.25, 0.3) is 0 Å². The average molecular weight is 496 g/mol. The molecule has 0 saturated carbocycles. The van der Waals surface area contributed by atoms with Gasteiger partial charge in [-0.25, -0.2) is 0 Å². The zero-order valence-electron chi connectivity index (χ0n) is 20.2. The molecule has 31 heavy (non-hydrogen) atoms. The summed E-state index contributed by atoms with van der Waals surface area (Å²) in [6.07, 6.45) is 5.74. The molecule has 5 heteroatoms. The van der Waals surface area contributed by atoms with Crippen molar-refractivity contribution in [2.24, 2.45) is 0 Å². The summed E-state index contributed by atoms with van der Waals surface area (Å²) in [4.78, 5) is 0. The van der Waals surface area contributed by atoms with Crippen LogP contribution in [0.4, 0.5) is 0 Å². The van der Waals surface area contributed by atoms with Crippen LogP contribution in [0.3, 0.4) is 0 Å². The molecule has 0 heterocycles. The van der Waals surface area contributed by atoms with Gasteiger partial charge >= 0.3 is 0 Å². The molecule has 4 atom stereocenters. The molecular weight excluding hydrogens is 455 g/mol. The third kappa shape index (κ3) is 5.17. The summed E-state index contributed by atoms with van der Waals surface area (Å²) >= 11 is 15.2. The van der Waals surface area contributed by atoms with Gasteiger partial charge in [0, 0.05) is 0 Å². The Bertz CT molecular complexity index is 802. The molecule has 0 amide bonds. The largest absolute Gasteiger partial charge is 0.406 e. The number of rotatable bonds is 12. The molecule has 0 saturated heterocycles. The van der Waals surface area contributed by atoms with Gasteiger partial charge in [-0.05, 0) is 49.2 Å². The monoisotopic (exact) mass is 494 g/mol. The van der Waals surface area contributed by atoms with Gasteiger partial charge in [-0.1, -0.05) is 101 Å². The molecule has 0 aliphatic rings. The van der Waals surface area contributed by atoms with Crippen LogP contribution in [0.5, 0.6) is 0 Å². The fourth-order valence-electron chi connectivity index (χ4n) is 5.09. The average Bonchev–Trinajstić information content (AvgIpc) is 2.79. The SMILES string of the molecule is CCCC(CC)(O[Si](C)(c1ccccc1)C(Cl)(CC)CCC)[Si](C)(Cl)c1ccccc1. The lowest BCUT2D eigenvalue weighted by atomic mass is 10.1. The summed E-state index contributed by atoms with van der Waals surface area (Å²) < 4.78 is 7.19. The number of benzene rings is 2. The minimum Gasteiger partial charge on any atom is -0.406 e. The second-order valence-corrected chi connectivity index (χ2v) is 19.6. The topological polar surface area (TPSA) is 9.23 Å². The first kappa shape index (κ1) is 26.7. The standard InChI is InChI=1S/C26H40Cl2OSi2/c1-7-21-25(27,9-3)31(6,24-19-15-12-16-20-24)29-26(10-4,22-8-2)30(5,28)23-17-13-11-14-18-23/h11-20H,7-10,21-22H2,1-6H3. The van der Waals surface area contributed by atoms with Crippen molar-refractivity contribution in [3.8, 4) is 0 Å². The first-order valence-corrected chi connectivity index (χ1v) is 18.1. The van der Waals surface area contributed by atoms with Crippen LogP contribution in [0.25, 0.3) is 0 Å². The molecule has 0 aliphatic heterocycles. The minimum atomic E-state index is -2.62. The van der Waals surface area contributed by atoms with Crippen LogP contribution in [0.1, 0.15) is 66.2 Å². The summed E-state index contributed by atoms with van der Waals surface area (Å²) in [6, 6.07) is 21.4. The summed E-state index contributed by atoms with van der Waals surface area (Å²) in [5.74, 6) is 0. The molecule has 0 aromatic heterocycles. The second kappa shape index (κ2) is 11.0. The van der Waals surface area contributed by atoms with E-state index in [0.717, 1.165) is 38.5 Å². The lowest BCUT2D eigenvalue weighted by molar-refractivity contribution is 0.118. The number of hydrogen-bond donors (Lipinski definition) is 0. The Balaban J connectivity index is 2.72. The van der Waals surface area contributed by atoms with Crippen LogP contribution in [0.2, 0.25) is 13.1 Å². The summed E-state index contributed by atoms with van der Waals surface area (Å²) in [5.41, 5.74) is 0. The van der Waals surface area contributed by atoms with Gasteiger partial charge in [-0.15, -0.1) is 11.6 Å². The van der Waals surface area contributed by atoms with Crippen LogP contribution in [0.15, 0.2) is 60.7 Å². The first-order valence-electron chi connectivity index (χ1n) is 11.9. The van der Waals surface area contributed by atoms with Crippen molar-refractivity contribution in [1.82, 2.24) is 0 Å². The first-order chi connectivity index (χ1) is 14.7. The highest BCUT2D eigenvalue weighted by atomic mass is 35.6. The molecule has 0 spiro atoms. The third-order valence-electron chi connectivity index (χ3n) is 7.18. The molecule has 0 radical (unpaired) electrons. The van der Waals surface area contributed by atoms with Gasteiger partial charge in [0.1, 0.15) is 0 Å². The van der Waals surface area contributed by atoms with Gasteiger partial charge in [0.2, 0.25) is 15.7 Å². The molecule has 0 N–H and O–H groups in total. The number of alkyl halides is 1. The van der Waals surface area contributed by atoms with Crippen LogP contribution in [-0.4, -0.2) is 25.4 Å². The Labute approximate surface area is 202 Å². The molecule has 0 bridgehead atoms. The fraction of sp³-hybridized carbons (Fsp3) is 0.538. The lowest BCUT2D eigenvalue weighted by Crippen LogP contribution is -2.72. The van der Waals surface area contributed by atoms with E-state index in [0.29, 0.717) is 0 Å². The van der Waals surface area contributed by atoms with Crippen molar-refractivity contribution < 1.29 is 4.43 Å². The molecular formula is C26H40Cl2OSi2. The zero-order chi connectivity index (χ0) is 23.2. The van der Waals surface area contributed by atoms with Gasteiger partial charge in [0.15, 0.2) is 0 Å². The van der Waals surface area contributed by atoms with Gasteiger partial charge in [-0.3, -0.25) is 0 Å². The van der Waals surface area contributed by atoms with Crippen LogP contribution < -0.4 is 10.4 Å². The minimum absolute atomic E-state index is 0.380. The van der Waals surface area contributed by atoms with E-state index in [1.807, 2.05) is 0 Å². The fourth-order valence-corrected chi connectivity index (χ4v) is 15.3. The van der Waals surface area contributed by atoms with Crippen molar-refractivity contribution >= 4 is 48.8 Å². The van der Waals surface area contributed by atoms with Crippen LogP contribution in [0, 0.1) is 0 Å². The summed E-state index contributed by atoms with van der Waals surface area (Å²) in [5, 5.41) is 2.12. The van der Waals surface area contributed by atoms with E-state index in [1.54, 1.807) is 0 Å². The maximum atomic E-state index is 7.62. The van der Waals surface area contributed by atoms with Gasteiger partial charge in [0.05, 0.1) is 9.72 Å². The lowest BCUT2D eigenvalue weighted by Gasteiger charge is -2.53. The molecule has 0 aliphatic carbocycles. The second-order valence-electron chi connectivity index (χ2n) is 9.04. The maximum absolute atomic E-state index is 7.62. The quantitative estimate of drug-likeness (QED) is 0.169. The molecule has 2 aromatic rings. The number of hydrogen-bond acceptors (Lipinski definition) is 1. The van der Waals surface area contributed by atoms with E-state index in [1.165, 1.54) is 10.4 Å². The van der Waals surface area contributed by atoms with Crippen molar-refractivity contribution in [2.45, 2.75) is 89.0 Å². The Morgan fingerprint density at radius 3 is 1.65 bits per heavy atom. The van der Waals surface area contributed by atoms with Crippen LogP contribution in [-0.2, 0) is 4.43 Å². The van der Waals surface area contributed by atoms with E-state index in [9.17, 15) is 0 Å². The molecule has 4 unspecified atom stereocenters. The van der Waals surface area contributed by atoms with Crippen LogP contribution >= 0.6 is 22.7 Å². The summed E-state index contributed by atoms with van der Waals surface area (Å²) in [6.45, 7) is 13.5. The van der Waals surface area contributed by atoms with E-state index >= 15 is 0 Å². The van der Waals surface area contributed by atoms with E-state index < -0.39 is 15.7 Å². The molecule has 172 valence electrons. The van der Waals surface area contributed by atoms with E-state index in [4.69, 9.17) is 27.1 Å². The van der Waals surface area contributed by atoms with Crippen molar-refractivity contribution in [2.75, 3.05) is 0 Å². The third-order valence-corrected chi connectivity index (χ3v) is 19.0. The Morgan fingerprint density at radius 1 is 0.742 bits per heavy atom. The van der Waals surface area contributed by atoms with Crippen molar-refractivity contribution in [1.29, 1.82) is 0 Å². The Morgan fingerprint density at radius 2 is 1.23 bits per heavy atom. The highest BCUT2D eigenvalue weighted by Crippen LogP contribution is 2.44. The maximum Gasteiger partial charge on any atom is 0.242 e. The van der Waals surface area contributed by atoms with Gasteiger partial charge < -0.3 is 4.43 Å². The molecule has 0 fully saturated rings. The molecule has 2 aromatic carbocycles. The van der Waals surface area contributed by atoms with Gasteiger partial charge in [-0.2, -0.15) is 11.1 Å². The highest BCUT2D eigenvalue weighted by Gasteiger charge is 2.59. The van der Waals surface area contributed by atoms with E-state index in [2.05, 4.69) is 101 Å². The highest BCUT2D eigenvalue weighted by molar-refractivity contribution is 7.28. The van der Waals surface area contributed by atoms with Crippen molar-refractivity contribution in [3.05, 3.63) is 60.7 Å². The smallest absolute Gasteiger partial charge is 0.242 e. The Kier molecular flexibility index (Phi) is 9.48. The summed E-state index contributed by atoms with van der Waals surface area (Å²) in [7, 11) is -5.13.